The van der Waals surface area contributed by atoms with Crippen LogP contribution < -0.4 is 4.72 Å². The highest BCUT2D eigenvalue weighted by Crippen LogP contribution is 2.25. The Morgan fingerprint density at radius 2 is 1.86 bits per heavy atom. The highest BCUT2D eigenvalue weighted by atomic mass is 35.5. The number of sulfonamides is 1. The zero-order valence-corrected chi connectivity index (χ0v) is 12.2. The van der Waals surface area contributed by atoms with Gasteiger partial charge in [0.1, 0.15) is 5.82 Å². The Morgan fingerprint density at radius 1 is 1.19 bits per heavy atom. The number of halogens is 2. The van der Waals surface area contributed by atoms with Crippen molar-refractivity contribution in [1.82, 2.24) is 0 Å². The molecule has 0 radical (unpaired) electrons. The molecule has 2 aromatic rings. The molecular formula is C14H10ClFN2O2S. The molecule has 0 aromatic heterocycles. The Hall–Kier alpha value is -2.10. The zero-order valence-electron chi connectivity index (χ0n) is 10.7. The molecule has 4 nitrogen and oxygen atoms in total. The molecule has 0 saturated heterocycles. The van der Waals surface area contributed by atoms with Gasteiger partial charge in [-0.2, -0.15) is 5.26 Å². The molecule has 0 saturated carbocycles. The lowest BCUT2D eigenvalue weighted by molar-refractivity contribution is 0.601. The molecule has 21 heavy (non-hydrogen) atoms. The van der Waals surface area contributed by atoms with Crippen LogP contribution in [0, 0.1) is 17.1 Å². The van der Waals surface area contributed by atoms with Crippen LogP contribution >= 0.6 is 11.6 Å². The lowest BCUT2D eigenvalue weighted by Crippen LogP contribution is -2.13. The van der Waals surface area contributed by atoms with Gasteiger partial charge in [-0.1, -0.05) is 23.7 Å². The molecule has 0 fully saturated rings. The first-order valence-corrected chi connectivity index (χ1v) is 7.72. The van der Waals surface area contributed by atoms with Gasteiger partial charge in [0.25, 0.3) is 10.0 Å². The fourth-order valence-corrected chi connectivity index (χ4v) is 2.95. The molecule has 108 valence electrons. The molecule has 2 aromatic carbocycles. The monoisotopic (exact) mass is 324 g/mol. The molecule has 0 amide bonds. The molecular weight excluding hydrogens is 315 g/mol. The maximum Gasteiger partial charge on any atom is 0.261 e. The third-order valence-corrected chi connectivity index (χ3v) is 4.40. The average molecular weight is 325 g/mol. The van der Waals surface area contributed by atoms with Crippen molar-refractivity contribution in [3.05, 3.63) is 58.9 Å². The lowest BCUT2D eigenvalue weighted by atomic mass is 10.2. The van der Waals surface area contributed by atoms with E-state index in [0.717, 1.165) is 12.1 Å². The SMILES string of the molecule is N#CCc1ccc(S(=O)(=O)Nc2cc(F)ccc2Cl)cc1. The second-order valence-electron chi connectivity index (χ2n) is 4.21. The van der Waals surface area contributed by atoms with Gasteiger partial charge in [0.05, 0.1) is 28.1 Å². The van der Waals surface area contributed by atoms with Crippen LogP contribution in [0.25, 0.3) is 0 Å². The quantitative estimate of drug-likeness (QED) is 0.937. The minimum atomic E-state index is -3.87. The molecule has 0 aliphatic heterocycles. The van der Waals surface area contributed by atoms with Crippen molar-refractivity contribution >= 4 is 27.3 Å². The van der Waals surface area contributed by atoms with Crippen molar-refractivity contribution in [3.8, 4) is 6.07 Å². The standard InChI is InChI=1S/C14H10ClFN2O2S/c15-13-6-3-11(16)9-14(13)18-21(19,20)12-4-1-10(2-5-12)7-8-17/h1-6,9,18H,7H2. The summed E-state index contributed by atoms with van der Waals surface area (Å²) in [6, 6.07) is 11.2. The second-order valence-corrected chi connectivity index (χ2v) is 6.30. The van der Waals surface area contributed by atoms with E-state index in [1.165, 1.54) is 18.2 Å². The highest BCUT2D eigenvalue weighted by molar-refractivity contribution is 7.92. The summed E-state index contributed by atoms with van der Waals surface area (Å²) in [6.07, 6.45) is 0.198. The van der Waals surface area contributed by atoms with Gasteiger partial charge < -0.3 is 0 Å². The number of nitriles is 1. The van der Waals surface area contributed by atoms with E-state index in [9.17, 15) is 12.8 Å². The zero-order chi connectivity index (χ0) is 15.5. The van der Waals surface area contributed by atoms with E-state index in [1.807, 2.05) is 6.07 Å². The summed E-state index contributed by atoms with van der Waals surface area (Å²) in [4.78, 5) is 0.00418. The van der Waals surface area contributed by atoms with Crippen LogP contribution in [0.15, 0.2) is 47.4 Å². The van der Waals surface area contributed by atoms with Gasteiger partial charge in [0.2, 0.25) is 0 Å². The Kier molecular flexibility index (Phi) is 4.46. The van der Waals surface area contributed by atoms with Crippen LogP contribution in [0.4, 0.5) is 10.1 Å². The molecule has 1 N–H and O–H groups in total. The molecule has 2 rings (SSSR count). The Morgan fingerprint density at radius 3 is 2.48 bits per heavy atom. The number of benzene rings is 2. The number of anilines is 1. The fraction of sp³-hybridized carbons (Fsp3) is 0.0714. The number of hydrogen-bond acceptors (Lipinski definition) is 3. The van der Waals surface area contributed by atoms with E-state index in [2.05, 4.69) is 4.72 Å². The molecule has 0 aliphatic rings. The number of hydrogen-bond donors (Lipinski definition) is 1. The third kappa shape index (κ3) is 3.72. The number of rotatable bonds is 4. The fourth-order valence-electron chi connectivity index (χ4n) is 1.66. The van der Waals surface area contributed by atoms with Gasteiger partial charge in [-0.15, -0.1) is 0 Å². The first-order valence-electron chi connectivity index (χ1n) is 5.86. The summed E-state index contributed by atoms with van der Waals surface area (Å²) >= 11 is 5.83. The smallest absolute Gasteiger partial charge is 0.261 e. The van der Waals surface area contributed by atoms with Crippen molar-refractivity contribution < 1.29 is 12.8 Å². The minimum Gasteiger partial charge on any atom is -0.278 e. The largest absolute Gasteiger partial charge is 0.278 e. The highest BCUT2D eigenvalue weighted by Gasteiger charge is 2.16. The van der Waals surface area contributed by atoms with E-state index in [4.69, 9.17) is 16.9 Å². The predicted octanol–water partition coefficient (Wildman–Crippen LogP) is 3.35. The first-order chi connectivity index (χ1) is 9.92. The van der Waals surface area contributed by atoms with Crippen LogP contribution in [-0.2, 0) is 16.4 Å². The van der Waals surface area contributed by atoms with Crippen molar-refractivity contribution in [2.45, 2.75) is 11.3 Å². The summed E-state index contributed by atoms with van der Waals surface area (Å²) in [5.74, 6) is -0.596. The molecule has 0 atom stereocenters. The van der Waals surface area contributed by atoms with Crippen molar-refractivity contribution in [3.63, 3.8) is 0 Å². The molecule has 0 aliphatic carbocycles. The molecule has 0 spiro atoms. The van der Waals surface area contributed by atoms with Gasteiger partial charge in [-0.05, 0) is 35.9 Å². The van der Waals surface area contributed by atoms with Crippen LogP contribution in [0.1, 0.15) is 5.56 Å². The Balaban J connectivity index is 2.30. The average Bonchev–Trinajstić information content (AvgIpc) is 2.44. The van der Waals surface area contributed by atoms with Gasteiger partial charge >= 0.3 is 0 Å². The molecule has 0 unspecified atom stereocenters. The molecule has 0 bridgehead atoms. The summed E-state index contributed by atoms with van der Waals surface area (Å²) in [5.41, 5.74) is 0.679. The van der Waals surface area contributed by atoms with Gasteiger partial charge in [0.15, 0.2) is 0 Å². The third-order valence-electron chi connectivity index (χ3n) is 2.69. The maximum absolute atomic E-state index is 13.1. The summed E-state index contributed by atoms with van der Waals surface area (Å²) in [6.45, 7) is 0. The lowest BCUT2D eigenvalue weighted by Gasteiger charge is -2.10. The van der Waals surface area contributed by atoms with Crippen LogP contribution in [0.5, 0.6) is 0 Å². The number of nitrogens with one attached hydrogen (secondary N) is 1. The molecule has 7 heteroatoms. The molecule has 0 heterocycles. The van der Waals surface area contributed by atoms with Gasteiger partial charge in [-0.3, -0.25) is 4.72 Å². The van der Waals surface area contributed by atoms with E-state index in [-0.39, 0.29) is 22.0 Å². The van der Waals surface area contributed by atoms with Crippen LogP contribution in [0.2, 0.25) is 5.02 Å². The minimum absolute atomic E-state index is 0.00418. The summed E-state index contributed by atoms with van der Waals surface area (Å²) in [5, 5.41) is 8.67. The maximum atomic E-state index is 13.1. The van der Waals surface area contributed by atoms with E-state index in [0.29, 0.717) is 5.56 Å². The van der Waals surface area contributed by atoms with Gasteiger partial charge in [-0.25, -0.2) is 12.8 Å². The number of nitrogens with zero attached hydrogens (tertiary/aromatic N) is 1. The van der Waals surface area contributed by atoms with E-state index >= 15 is 0 Å². The Bertz CT molecular complexity index is 799. The predicted molar refractivity (Wildman–Crippen MR) is 78.0 cm³/mol. The van der Waals surface area contributed by atoms with E-state index in [1.54, 1.807) is 12.1 Å². The van der Waals surface area contributed by atoms with Crippen molar-refractivity contribution in [2.24, 2.45) is 0 Å². The Labute approximate surface area is 126 Å². The summed E-state index contributed by atoms with van der Waals surface area (Å²) < 4.78 is 39.7. The summed E-state index contributed by atoms with van der Waals surface area (Å²) in [7, 11) is -3.87. The van der Waals surface area contributed by atoms with Crippen molar-refractivity contribution in [2.75, 3.05) is 4.72 Å². The normalized spacial score (nSPS) is 10.9. The first kappa shape index (κ1) is 15.3. The van der Waals surface area contributed by atoms with Gasteiger partial charge in [0, 0.05) is 0 Å². The van der Waals surface area contributed by atoms with Crippen LogP contribution in [-0.4, -0.2) is 8.42 Å². The van der Waals surface area contributed by atoms with Crippen molar-refractivity contribution in [1.29, 1.82) is 5.26 Å². The van der Waals surface area contributed by atoms with Crippen LogP contribution in [0.3, 0.4) is 0 Å². The van der Waals surface area contributed by atoms with E-state index < -0.39 is 15.8 Å². The second kappa shape index (κ2) is 6.12. The topological polar surface area (TPSA) is 70.0 Å².